The van der Waals surface area contributed by atoms with Gasteiger partial charge in [-0.3, -0.25) is 14.5 Å². The molecule has 7 nitrogen and oxygen atoms in total. The summed E-state index contributed by atoms with van der Waals surface area (Å²) < 4.78 is 41.6. The number of likely N-dealkylation sites (N-methyl/N-ethyl adjacent to an activating group) is 1. The van der Waals surface area contributed by atoms with Crippen molar-refractivity contribution < 1.29 is 22.8 Å². The van der Waals surface area contributed by atoms with E-state index in [1.54, 1.807) is 12.3 Å². The Balaban J connectivity index is 1.13. The van der Waals surface area contributed by atoms with Gasteiger partial charge in [0.05, 0.1) is 12.0 Å². The number of hydrogen-bond donors (Lipinski definition) is 2. The van der Waals surface area contributed by atoms with Crippen LogP contribution >= 0.6 is 0 Å². The number of benzene rings is 2. The van der Waals surface area contributed by atoms with Crippen LogP contribution in [0.3, 0.4) is 0 Å². The quantitative estimate of drug-likeness (QED) is 0.365. The molecule has 3 heterocycles. The summed E-state index contributed by atoms with van der Waals surface area (Å²) in [7, 11) is 0. The molecule has 0 radical (unpaired) electrons. The fourth-order valence-electron chi connectivity index (χ4n) is 5.37. The predicted molar refractivity (Wildman–Crippen MR) is 152 cm³/mol. The minimum absolute atomic E-state index is 0.0570. The lowest BCUT2D eigenvalue weighted by Crippen LogP contribution is -2.45. The van der Waals surface area contributed by atoms with Gasteiger partial charge in [0.2, 0.25) is 11.8 Å². The molecule has 2 amide bonds. The van der Waals surface area contributed by atoms with Crippen LogP contribution in [0.2, 0.25) is 0 Å². The Kier molecular flexibility index (Phi) is 8.70. The van der Waals surface area contributed by atoms with Gasteiger partial charge in [0.15, 0.2) is 0 Å². The Morgan fingerprint density at radius 2 is 1.73 bits per heavy atom. The third-order valence-corrected chi connectivity index (χ3v) is 7.74. The second kappa shape index (κ2) is 12.4. The summed E-state index contributed by atoms with van der Waals surface area (Å²) in [4.78, 5) is 32.8. The Morgan fingerprint density at radius 1 is 1.00 bits per heavy atom. The van der Waals surface area contributed by atoms with Gasteiger partial charge in [-0.2, -0.15) is 13.2 Å². The Morgan fingerprint density at radius 3 is 2.44 bits per heavy atom. The largest absolute Gasteiger partial charge is 0.416 e. The minimum atomic E-state index is -4.50. The first-order chi connectivity index (χ1) is 19.7. The third kappa shape index (κ3) is 7.31. The van der Waals surface area contributed by atoms with E-state index in [1.807, 2.05) is 35.2 Å². The maximum atomic E-state index is 13.9. The van der Waals surface area contributed by atoms with Crippen LogP contribution in [0.5, 0.6) is 0 Å². The number of carbonyl (C=O) groups excluding carboxylic acids is 2. The molecule has 0 bridgehead atoms. The molecule has 0 spiro atoms. The van der Waals surface area contributed by atoms with E-state index in [4.69, 9.17) is 0 Å². The molecule has 1 aromatic heterocycles. The Hall–Kier alpha value is -3.76. The van der Waals surface area contributed by atoms with E-state index in [2.05, 4.69) is 27.4 Å². The smallest absolute Gasteiger partial charge is 0.326 e. The molecule has 10 heteroatoms. The molecular weight excluding hydrogens is 531 g/mol. The first-order valence-corrected chi connectivity index (χ1v) is 14.0. The lowest BCUT2D eigenvalue weighted by Gasteiger charge is -2.34. The van der Waals surface area contributed by atoms with Crippen molar-refractivity contribution in [2.75, 3.05) is 43.4 Å². The topological polar surface area (TPSA) is 77.6 Å². The van der Waals surface area contributed by atoms with Gasteiger partial charge in [-0.25, -0.2) is 4.98 Å². The zero-order chi connectivity index (χ0) is 29.0. The number of nitrogens with one attached hydrogen (secondary N) is 2. The first-order valence-electron chi connectivity index (χ1n) is 14.0. The van der Waals surface area contributed by atoms with E-state index in [1.165, 1.54) is 6.07 Å². The fourth-order valence-corrected chi connectivity index (χ4v) is 5.37. The lowest BCUT2D eigenvalue weighted by molar-refractivity contribution is -0.138. The maximum Gasteiger partial charge on any atom is 0.416 e. The molecule has 2 aromatic carbocycles. The van der Waals surface area contributed by atoms with Crippen LogP contribution in [0.4, 0.5) is 24.7 Å². The normalized spacial score (nSPS) is 16.0. The van der Waals surface area contributed by atoms with Gasteiger partial charge in [-0.1, -0.05) is 37.3 Å². The molecule has 0 aliphatic carbocycles. The zero-order valence-corrected chi connectivity index (χ0v) is 23.1. The number of nitrogens with zero attached hydrogens (tertiary/aromatic N) is 3. The molecular formula is C31H34F3N5O2. The zero-order valence-electron chi connectivity index (χ0n) is 23.1. The number of amides is 2. The highest BCUT2D eigenvalue weighted by molar-refractivity contribution is 5.98. The molecule has 2 aliphatic rings. The fraction of sp³-hybridized carbons (Fsp3) is 0.387. The van der Waals surface area contributed by atoms with Crippen LogP contribution in [-0.4, -0.2) is 59.3 Å². The number of anilines is 2. The number of aryl methyl sites for hydroxylation is 1. The van der Waals surface area contributed by atoms with Gasteiger partial charge in [-0.15, -0.1) is 0 Å². The second-order valence-electron chi connectivity index (χ2n) is 10.6. The monoisotopic (exact) mass is 565 g/mol. The van der Waals surface area contributed by atoms with E-state index >= 15 is 0 Å². The molecule has 5 rings (SSSR count). The minimum Gasteiger partial charge on any atom is -0.326 e. The molecule has 216 valence electrons. The molecule has 0 unspecified atom stereocenters. The lowest BCUT2D eigenvalue weighted by atomic mass is 10.0. The number of piperazine rings is 1. The molecule has 0 atom stereocenters. The molecule has 1 fully saturated rings. The second-order valence-corrected chi connectivity index (χ2v) is 10.6. The van der Waals surface area contributed by atoms with Crippen molar-refractivity contribution in [3.63, 3.8) is 0 Å². The summed E-state index contributed by atoms with van der Waals surface area (Å²) in [6, 6.07) is 14.0. The van der Waals surface area contributed by atoms with E-state index in [9.17, 15) is 22.8 Å². The van der Waals surface area contributed by atoms with Gasteiger partial charge in [0.25, 0.3) is 0 Å². The van der Waals surface area contributed by atoms with E-state index in [-0.39, 0.29) is 36.0 Å². The highest BCUT2D eigenvalue weighted by Gasteiger charge is 2.34. The molecule has 2 aliphatic heterocycles. The van der Waals surface area contributed by atoms with Crippen molar-refractivity contribution in [1.82, 2.24) is 14.8 Å². The van der Waals surface area contributed by atoms with Crippen molar-refractivity contribution in [2.24, 2.45) is 0 Å². The van der Waals surface area contributed by atoms with Gasteiger partial charge < -0.3 is 15.5 Å². The van der Waals surface area contributed by atoms with Crippen LogP contribution in [0.25, 0.3) is 11.1 Å². The highest BCUT2D eigenvalue weighted by Crippen LogP contribution is 2.35. The van der Waals surface area contributed by atoms with Crippen molar-refractivity contribution in [3.8, 4) is 11.1 Å². The average molecular weight is 566 g/mol. The standard InChI is InChI=1S/C31H34F3N5O2/c1-2-38-12-14-39(15-13-38)20-23-10-11-26(18-27(23)31(32,33)34)36-28(40)5-3-4-21-6-8-22(9-7-21)25-16-24-17-29(41)37-30(24)35-19-25/h6-11,16,18-19H,2-5,12-15,17,20H2,1H3,(H,36,40)(H,35,37,41). The Bertz CT molecular complexity index is 1400. The summed E-state index contributed by atoms with van der Waals surface area (Å²) >= 11 is 0. The van der Waals surface area contributed by atoms with Gasteiger partial charge in [0.1, 0.15) is 5.82 Å². The first kappa shape index (κ1) is 28.8. The van der Waals surface area contributed by atoms with Crippen molar-refractivity contribution in [1.29, 1.82) is 0 Å². The summed E-state index contributed by atoms with van der Waals surface area (Å²) in [6.45, 7) is 6.43. The van der Waals surface area contributed by atoms with E-state index in [0.29, 0.717) is 25.1 Å². The van der Waals surface area contributed by atoms with Crippen LogP contribution in [0, 0.1) is 0 Å². The SMILES string of the molecule is CCN1CCN(Cc2ccc(NC(=O)CCCc3ccc(-c4cnc5c(c4)CC(=O)N5)cc3)cc2C(F)(F)F)CC1. The number of carbonyl (C=O) groups is 2. The average Bonchev–Trinajstić information content (AvgIpc) is 3.33. The van der Waals surface area contributed by atoms with Crippen LogP contribution in [0.1, 0.15) is 42.0 Å². The van der Waals surface area contributed by atoms with Crippen LogP contribution in [-0.2, 0) is 35.2 Å². The molecule has 41 heavy (non-hydrogen) atoms. The Labute approximate surface area is 237 Å². The van der Waals surface area contributed by atoms with Crippen molar-refractivity contribution in [3.05, 3.63) is 77.0 Å². The highest BCUT2D eigenvalue weighted by atomic mass is 19.4. The summed E-state index contributed by atoms with van der Waals surface area (Å²) in [5, 5.41) is 5.37. The van der Waals surface area contributed by atoms with Crippen LogP contribution < -0.4 is 10.6 Å². The van der Waals surface area contributed by atoms with Gasteiger partial charge >= 0.3 is 6.18 Å². The van der Waals surface area contributed by atoms with Crippen molar-refractivity contribution >= 4 is 23.3 Å². The number of rotatable bonds is 9. The molecule has 1 saturated heterocycles. The molecule has 3 aromatic rings. The predicted octanol–water partition coefficient (Wildman–Crippen LogP) is 5.36. The van der Waals surface area contributed by atoms with Crippen molar-refractivity contribution in [2.45, 2.75) is 45.3 Å². The number of aromatic nitrogens is 1. The number of fused-ring (bicyclic) bond motifs is 1. The summed E-state index contributed by atoms with van der Waals surface area (Å²) in [5.74, 6) is 0.240. The molecule has 0 saturated carbocycles. The number of hydrogen-bond acceptors (Lipinski definition) is 5. The summed E-state index contributed by atoms with van der Waals surface area (Å²) in [6.07, 6.45) is -1.03. The maximum absolute atomic E-state index is 13.9. The van der Waals surface area contributed by atoms with E-state index < -0.39 is 11.7 Å². The number of pyridine rings is 1. The summed E-state index contributed by atoms with van der Waals surface area (Å²) in [5.41, 5.74) is 3.52. The third-order valence-electron chi connectivity index (χ3n) is 7.74. The van der Waals surface area contributed by atoms with Gasteiger partial charge in [-0.05, 0) is 54.3 Å². The van der Waals surface area contributed by atoms with E-state index in [0.717, 1.165) is 61.0 Å². The number of halogens is 3. The number of alkyl halides is 3. The molecule has 2 N–H and O–H groups in total. The van der Waals surface area contributed by atoms with Gasteiger partial charge in [0, 0.05) is 62.2 Å². The van der Waals surface area contributed by atoms with Crippen LogP contribution in [0.15, 0.2) is 54.7 Å².